The predicted molar refractivity (Wildman–Crippen MR) is 44.4 cm³/mol. The number of nitrogens with one attached hydrogen (secondary N) is 1. The van der Waals surface area contributed by atoms with E-state index in [1.807, 2.05) is 6.20 Å². The molecule has 0 spiro atoms. The maximum atomic E-state index is 5.36. The lowest BCUT2D eigenvalue weighted by atomic mass is 10.5. The first-order chi connectivity index (χ1) is 5.36. The summed E-state index contributed by atoms with van der Waals surface area (Å²) in [6.45, 7) is 1.57. The van der Waals surface area contributed by atoms with Gasteiger partial charge in [0.15, 0.2) is 17.7 Å². The van der Waals surface area contributed by atoms with Gasteiger partial charge in [0.25, 0.3) is 0 Å². The highest BCUT2D eigenvalue weighted by atomic mass is 79.9. The number of aliphatic hydroxyl groups is 2. The van der Waals surface area contributed by atoms with Gasteiger partial charge in [-0.3, -0.25) is 4.74 Å². The third kappa shape index (κ3) is 1.61. The van der Waals surface area contributed by atoms with Gasteiger partial charge in [-0.05, 0) is 11.3 Å². The third-order valence-electron chi connectivity index (χ3n) is 1.44. The predicted octanol–water partition coefficient (Wildman–Crippen LogP) is 0.882. The Balaban J connectivity index is 2.15. The Bertz CT molecular complexity index is 246. The van der Waals surface area contributed by atoms with E-state index in [0.717, 1.165) is 22.0 Å². The minimum Gasteiger partial charge on any atom is -0.403 e. The van der Waals surface area contributed by atoms with Crippen molar-refractivity contribution in [2.45, 2.75) is 6.29 Å². The Morgan fingerprint density at radius 2 is 2.73 bits per heavy atom. The number of halogens is 1. The third-order valence-corrected chi connectivity index (χ3v) is 3.01. The molecular weight excluding hydrogens is 230 g/mol. The molecule has 0 aromatic carbocycles. The summed E-state index contributed by atoms with van der Waals surface area (Å²) < 4.78 is 10.6. The van der Waals surface area contributed by atoms with Crippen molar-refractivity contribution < 1.29 is 14.5 Å². The molecule has 60 valence electrons. The molecule has 1 fully saturated rings. The van der Waals surface area contributed by atoms with Crippen LogP contribution in [0.4, 0.5) is 0 Å². The molecule has 0 radical (unpaired) electrons. The molecule has 0 bridgehead atoms. The SMILES string of the molecule is Brc1[nH+]cc(C2OCC[OH+]2)s1. The van der Waals surface area contributed by atoms with E-state index >= 15 is 0 Å². The van der Waals surface area contributed by atoms with Crippen molar-refractivity contribution >= 4 is 27.3 Å². The fourth-order valence-electron chi connectivity index (χ4n) is 0.971. The zero-order chi connectivity index (χ0) is 7.68. The lowest BCUT2D eigenvalue weighted by Crippen LogP contribution is -2.00. The molecule has 1 aromatic heterocycles. The van der Waals surface area contributed by atoms with Gasteiger partial charge in [0.1, 0.15) is 6.61 Å². The lowest BCUT2D eigenvalue weighted by molar-refractivity contribution is -0.385. The minimum absolute atomic E-state index is 0.0254. The van der Waals surface area contributed by atoms with Crippen molar-refractivity contribution in [2.75, 3.05) is 13.2 Å². The van der Waals surface area contributed by atoms with Gasteiger partial charge in [0.05, 0.1) is 0 Å². The molecule has 0 saturated carbocycles. The Hall–Kier alpha value is 0.0300. The van der Waals surface area contributed by atoms with Crippen LogP contribution in [-0.4, -0.2) is 18.0 Å². The van der Waals surface area contributed by atoms with Crippen molar-refractivity contribution in [3.63, 3.8) is 0 Å². The van der Waals surface area contributed by atoms with E-state index in [1.165, 1.54) is 0 Å². The maximum absolute atomic E-state index is 5.36. The molecule has 1 aliphatic rings. The highest BCUT2D eigenvalue weighted by Crippen LogP contribution is 2.26. The van der Waals surface area contributed by atoms with Crippen molar-refractivity contribution in [1.82, 2.24) is 0 Å². The first-order valence-electron chi connectivity index (χ1n) is 3.31. The van der Waals surface area contributed by atoms with Crippen LogP contribution in [0.15, 0.2) is 10.1 Å². The fourth-order valence-corrected chi connectivity index (χ4v) is 2.33. The molecule has 1 atom stereocenters. The Kier molecular flexibility index (Phi) is 2.22. The van der Waals surface area contributed by atoms with Crippen LogP contribution in [0.1, 0.15) is 11.2 Å². The number of H-pyrrole nitrogens is 1. The van der Waals surface area contributed by atoms with Gasteiger partial charge in [-0.1, -0.05) is 0 Å². The van der Waals surface area contributed by atoms with E-state index in [9.17, 15) is 0 Å². The average Bonchev–Trinajstić information content (AvgIpc) is 2.55. The van der Waals surface area contributed by atoms with Crippen LogP contribution in [0.25, 0.3) is 0 Å². The van der Waals surface area contributed by atoms with E-state index in [4.69, 9.17) is 4.74 Å². The number of hydrogen-bond donors (Lipinski definition) is 0. The van der Waals surface area contributed by atoms with Gasteiger partial charge in [0.2, 0.25) is 0 Å². The van der Waals surface area contributed by atoms with Crippen molar-refractivity contribution in [1.29, 1.82) is 0 Å². The van der Waals surface area contributed by atoms with Crippen LogP contribution >= 0.6 is 27.3 Å². The van der Waals surface area contributed by atoms with Gasteiger partial charge in [-0.2, -0.15) is 4.98 Å². The molecule has 0 amide bonds. The van der Waals surface area contributed by atoms with Crippen molar-refractivity contribution in [3.8, 4) is 0 Å². The van der Waals surface area contributed by atoms with Crippen LogP contribution in [0, 0.1) is 0 Å². The summed E-state index contributed by atoms with van der Waals surface area (Å²) in [6, 6.07) is 0. The second-order valence-corrected chi connectivity index (χ2v) is 4.60. The molecule has 2 rings (SSSR count). The molecular formula is C6H8BrNO2S+2. The smallest absolute Gasteiger partial charge is 0.308 e. The van der Waals surface area contributed by atoms with E-state index < -0.39 is 0 Å². The second-order valence-electron chi connectivity index (χ2n) is 2.20. The molecule has 2 N–H and O–H groups in total. The Morgan fingerprint density at radius 1 is 1.82 bits per heavy atom. The van der Waals surface area contributed by atoms with Crippen LogP contribution in [-0.2, 0) is 4.74 Å². The molecule has 0 aliphatic carbocycles. The molecule has 3 nitrogen and oxygen atoms in total. The molecule has 1 aliphatic heterocycles. The number of aromatic amines is 1. The summed E-state index contributed by atoms with van der Waals surface area (Å²) in [4.78, 5) is 4.17. The van der Waals surface area contributed by atoms with E-state index in [-0.39, 0.29) is 6.29 Å². The summed E-state index contributed by atoms with van der Waals surface area (Å²) in [5.74, 6) is 0. The number of rotatable bonds is 1. The van der Waals surface area contributed by atoms with Crippen LogP contribution in [0.3, 0.4) is 0 Å². The Morgan fingerprint density at radius 3 is 3.27 bits per heavy atom. The van der Waals surface area contributed by atoms with E-state index in [0.29, 0.717) is 0 Å². The average molecular weight is 238 g/mol. The fraction of sp³-hybridized carbons (Fsp3) is 0.500. The highest BCUT2D eigenvalue weighted by Gasteiger charge is 2.27. The van der Waals surface area contributed by atoms with E-state index in [2.05, 4.69) is 25.7 Å². The number of aromatic nitrogens is 1. The van der Waals surface area contributed by atoms with Gasteiger partial charge in [0, 0.05) is 15.9 Å². The number of hydrogen-bond acceptors (Lipinski definition) is 2. The zero-order valence-electron chi connectivity index (χ0n) is 5.71. The molecule has 11 heavy (non-hydrogen) atoms. The molecule has 2 heterocycles. The Labute approximate surface area is 76.5 Å². The highest BCUT2D eigenvalue weighted by molar-refractivity contribution is 9.11. The monoisotopic (exact) mass is 237 g/mol. The van der Waals surface area contributed by atoms with Gasteiger partial charge in [-0.15, -0.1) is 0 Å². The topological polar surface area (TPSA) is 36.2 Å². The summed E-state index contributed by atoms with van der Waals surface area (Å²) in [5.41, 5.74) is 0. The maximum Gasteiger partial charge on any atom is 0.308 e. The molecule has 1 aromatic rings. The van der Waals surface area contributed by atoms with Gasteiger partial charge < -0.3 is 4.74 Å². The molecule has 1 unspecified atom stereocenters. The lowest BCUT2D eigenvalue weighted by Gasteiger charge is -1.96. The summed E-state index contributed by atoms with van der Waals surface area (Å²) >= 11 is 4.97. The second kappa shape index (κ2) is 3.18. The summed E-state index contributed by atoms with van der Waals surface area (Å²) in [6.07, 6.45) is 1.90. The standard InChI is InChI=1S/C6H6BrNO2S/c7-6-8-3-4(11-6)5-9-1-2-10-5/h3,5H,1-2H2/p+2. The zero-order valence-corrected chi connectivity index (χ0v) is 8.11. The number of thiazole rings is 1. The number of ether oxygens (including phenoxy) is 2. The normalized spacial score (nSPS) is 24.3. The first kappa shape index (κ1) is 7.67. The van der Waals surface area contributed by atoms with Crippen molar-refractivity contribution in [2.24, 2.45) is 0 Å². The first-order valence-corrected chi connectivity index (χ1v) is 4.92. The summed E-state index contributed by atoms with van der Waals surface area (Å²) in [7, 11) is 0. The molecule has 5 heteroatoms. The minimum atomic E-state index is -0.0254. The van der Waals surface area contributed by atoms with Crippen molar-refractivity contribution in [3.05, 3.63) is 15.0 Å². The van der Waals surface area contributed by atoms with Gasteiger partial charge >= 0.3 is 10.2 Å². The van der Waals surface area contributed by atoms with Crippen LogP contribution in [0.2, 0.25) is 0 Å². The molecule has 1 saturated heterocycles. The van der Waals surface area contributed by atoms with Gasteiger partial charge in [-0.25, -0.2) is 0 Å². The largest absolute Gasteiger partial charge is 0.403 e. The van der Waals surface area contributed by atoms with Crippen LogP contribution < -0.4 is 4.98 Å². The quantitative estimate of drug-likeness (QED) is 0.669. The van der Waals surface area contributed by atoms with Crippen LogP contribution in [0.5, 0.6) is 0 Å². The summed E-state index contributed by atoms with van der Waals surface area (Å²) in [5, 5.41) is 0. The van der Waals surface area contributed by atoms with E-state index in [1.54, 1.807) is 11.3 Å².